The molecule has 0 aromatic rings. The molecular formula is C20H34F2. The van der Waals surface area contributed by atoms with Gasteiger partial charge in [-0.1, -0.05) is 45.4 Å². The predicted molar refractivity (Wildman–Crippen MR) is 88.3 cm³/mol. The fraction of sp³-hybridized carbons (Fsp3) is 1.00. The van der Waals surface area contributed by atoms with Crippen molar-refractivity contribution in [1.82, 2.24) is 0 Å². The Morgan fingerprint density at radius 1 is 0.545 bits per heavy atom. The summed E-state index contributed by atoms with van der Waals surface area (Å²) in [5, 5.41) is 0. The minimum Gasteiger partial charge on any atom is -0.244 e. The minimum absolute atomic E-state index is 0.00672. The Balaban J connectivity index is 1.53. The third kappa shape index (κ3) is 3.67. The van der Waals surface area contributed by atoms with Gasteiger partial charge < -0.3 is 0 Å². The number of alkyl halides is 2. The van der Waals surface area contributed by atoms with Gasteiger partial charge >= 0.3 is 0 Å². The van der Waals surface area contributed by atoms with Crippen molar-refractivity contribution < 1.29 is 8.78 Å². The molecule has 3 saturated carbocycles. The molecule has 3 aliphatic rings. The van der Waals surface area contributed by atoms with Gasteiger partial charge in [0.05, 0.1) is 0 Å². The number of halogens is 2. The minimum atomic E-state index is -1.22. The largest absolute Gasteiger partial charge is 0.244 e. The van der Waals surface area contributed by atoms with Crippen LogP contribution in [0.4, 0.5) is 8.78 Å². The molecule has 0 nitrogen and oxygen atoms in total. The quantitative estimate of drug-likeness (QED) is 0.511. The van der Waals surface area contributed by atoms with E-state index in [2.05, 4.69) is 0 Å². The SMILES string of the molecule is CC1CCCC(C2CCC(C3CCCCC3)CC2)C(F)C1F. The third-order valence-electron chi connectivity index (χ3n) is 7.19. The van der Waals surface area contributed by atoms with Gasteiger partial charge in [0.15, 0.2) is 0 Å². The van der Waals surface area contributed by atoms with Crippen molar-refractivity contribution >= 4 is 0 Å². The molecule has 3 rings (SSSR count). The highest BCUT2D eigenvalue weighted by atomic mass is 19.2. The van der Waals surface area contributed by atoms with Crippen molar-refractivity contribution in [2.75, 3.05) is 0 Å². The van der Waals surface area contributed by atoms with Crippen LogP contribution in [0.15, 0.2) is 0 Å². The summed E-state index contributed by atoms with van der Waals surface area (Å²) >= 11 is 0. The molecule has 2 heteroatoms. The van der Waals surface area contributed by atoms with E-state index in [1.54, 1.807) is 0 Å². The molecule has 4 atom stereocenters. The molecule has 0 spiro atoms. The van der Waals surface area contributed by atoms with E-state index in [1.807, 2.05) is 6.92 Å². The van der Waals surface area contributed by atoms with Crippen LogP contribution in [0.2, 0.25) is 0 Å². The number of hydrogen-bond donors (Lipinski definition) is 0. The maximum Gasteiger partial charge on any atom is 0.134 e. The Kier molecular flexibility index (Phi) is 5.79. The highest BCUT2D eigenvalue weighted by Gasteiger charge is 2.41. The van der Waals surface area contributed by atoms with Crippen LogP contribution in [0, 0.1) is 29.6 Å². The summed E-state index contributed by atoms with van der Waals surface area (Å²) in [4.78, 5) is 0. The first-order chi connectivity index (χ1) is 10.7. The zero-order valence-electron chi connectivity index (χ0n) is 14.3. The normalized spacial score (nSPS) is 45.4. The molecule has 0 aromatic carbocycles. The molecule has 0 aliphatic heterocycles. The van der Waals surface area contributed by atoms with E-state index < -0.39 is 12.3 Å². The van der Waals surface area contributed by atoms with Crippen molar-refractivity contribution in [2.24, 2.45) is 29.6 Å². The molecule has 22 heavy (non-hydrogen) atoms. The first kappa shape index (κ1) is 16.7. The first-order valence-corrected chi connectivity index (χ1v) is 9.95. The Hall–Kier alpha value is -0.140. The van der Waals surface area contributed by atoms with Crippen molar-refractivity contribution in [1.29, 1.82) is 0 Å². The fourth-order valence-corrected chi connectivity index (χ4v) is 5.69. The first-order valence-electron chi connectivity index (χ1n) is 9.95. The maximum absolute atomic E-state index is 14.6. The van der Waals surface area contributed by atoms with Crippen LogP contribution in [0.25, 0.3) is 0 Å². The van der Waals surface area contributed by atoms with E-state index >= 15 is 0 Å². The summed E-state index contributed by atoms with van der Waals surface area (Å²) < 4.78 is 28.8. The van der Waals surface area contributed by atoms with Gasteiger partial charge in [-0.25, -0.2) is 8.78 Å². The summed E-state index contributed by atoms with van der Waals surface area (Å²) in [5.74, 6) is 2.21. The third-order valence-corrected chi connectivity index (χ3v) is 7.19. The summed E-state index contributed by atoms with van der Waals surface area (Å²) in [6, 6.07) is 0. The average Bonchev–Trinajstić information content (AvgIpc) is 2.69. The van der Waals surface area contributed by atoms with E-state index in [4.69, 9.17) is 0 Å². The average molecular weight is 312 g/mol. The molecule has 128 valence electrons. The Morgan fingerprint density at radius 2 is 1.14 bits per heavy atom. The summed E-state index contributed by atoms with van der Waals surface area (Å²) in [7, 11) is 0. The van der Waals surface area contributed by atoms with Crippen molar-refractivity contribution in [3.63, 3.8) is 0 Å². The molecule has 3 fully saturated rings. The van der Waals surface area contributed by atoms with Crippen LogP contribution in [0.1, 0.15) is 84.0 Å². The monoisotopic (exact) mass is 312 g/mol. The van der Waals surface area contributed by atoms with E-state index in [0.717, 1.165) is 43.9 Å². The summed E-state index contributed by atoms with van der Waals surface area (Å²) in [5.41, 5.74) is 0. The molecule has 0 bridgehead atoms. The highest BCUT2D eigenvalue weighted by Crippen LogP contribution is 2.45. The lowest BCUT2D eigenvalue weighted by molar-refractivity contribution is 0.0375. The van der Waals surface area contributed by atoms with Gasteiger partial charge in [-0.2, -0.15) is 0 Å². The summed E-state index contributed by atoms with van der Waals surface area (Å²) in [6.07, 6.45) is 12.4. The lowest BCUT2D eigenvalue weighted by Gasteiger charge is -2.39. The molecule has 0 N–H and O–H groups in total. The van der Waals surface area contributed by atoms with Crippen LogP contribution in [-0.4, -0.2) is 12.3 Å². The Morgan fingerprint density at radius 3 is 1.82 bits per heavy atom. The topological polar surface area (TPSA) is 0 Å². The van der Waals surface area contributed by atoms with Gasteiger partial charge in [-0.05, 0) is 68.1 Å². The second-order valence-electron chi connectivity index (χ2n) is 8.53. The van der Waals surface area contributed by atoms with Crippen molar-refractivity contribution in [3.05, 3.63) is 0 Å². The standard InChI is InChI=1S/C20H34F2/c1-14-6-5-9-18(20(22)19(14)21)17-12-10-16(11-13-17)15-7-3-2-4-8-15/h14-20H,2-13H2,1H3. The molecule has 0 radical (unpaired) electrons. The predicted octanol–water partition coefficient (Wildman–Crippen LogP) is 6.49. The Labute approximate surface area is 135 Å². The lowest BCUT2D eigenvalue weighted by atomic mass is 9.67. The van der Waals surface area contributed by atoms with E-state index in [1.165, 1.54) is 44.9 Å². The van der Waals surface area contributed by atoms with Crippen molar-refractivity contribution in [3.8, 4) is 0 Å². The van der Waals surface area contributed by atoms with Crippen molar-refractivity contribution in [2.45, 2.75) is 96.3 Å². The van der Waals surface area contributed by atoms with Gasteiger partial charge in [-0.15, -0.1) is 0 Å². The smallest absolute Gasteiger partial charge is 0.134 e. The van der Waals surface area contributed by atoms with Gasteiger partial charge in [0, 0.05) is 0 Å². The summed E-state index contributed by atoms with van der Waals surface area (Å²) in [6.45, 7) is 1.89. The number of rotatable bonds is 2. The Bertz CT molecular complexity index is 329. The molecule has 3 aliphatic carbocycles. The molecule has 0 aromatic heterocycles. The van der Waals surface area contributed by atoms with E-state index in [9.17, 15) is 8.78 Å². The maximum atomic E-state index is 14.6. The number of hydrogen-bond acceptors (Lipinski definition) is 0. The molecule has 0 heterocycles. The van der Waals surface area contributed by atoms with Crippen LogP contribution >= 0.6 is 0 Å². The van der Waals surface area contributed by atoms with Crippen LogP contribution in [0.5, 0.6) is 0 Å². The van der Waals surface area contributed by atoms with Gasteiger partial charge in [0.2, 0.25) is 0 Å². The molecule has 4 unspecified atom stereocenters. The zero-order valence-corrected chi connectivity index (χ0v) is 14.3. The van der Waals surface area contributed by atoms with Gasteiger partial charge in [-0.3, -0.25) is 0 Å². The zero-order chi connectivity index (χ0) is 15.5. The van der Waals surface area contributed by atoms with Crippen LogP contribution < -0.4 is 0 Å². The molecule has 0 amide bonds. The second kappa shape index (κ2) is 7.62. The molecular weight excluding hydrogens is 278 g/mol. The van der Waals surface area contributed by atoms with Gasteiger partial charge in [0.1, 0.15) is 12.3 Å². The molecule has 0 saturated heterocycles. The highest BCUT2D eigenvalue weighted by molar-refractivity contribution is 4.90. The van der Waals surface area contributed by atoms with Crippen LogP contribution in [-0.2, 0) is 0 Å². The van der Waals surface area contributed by atoms with Gasteiger partial charge in [0.25, 0.3) is 0 Å². The van der Waals surface area contributed by atoms with Crippen LogP contribution in [0.3, 0.4) is 0 Å². The lowest BCUT2D eigenvalue weighted by Crippen LogP contribution is -2.35. The fourth-order valence-electron chi connectivity index (χ4n) is 5.69. The second-order valence-corrected chi connectivity index (χ2v) is 8.53. The van der Waals surface area contributed by atoms with E-state index in [0.29, 0.717) is 5.92 Å². The van der Waals surface area contributed by atoms with E-state index in [-0.39, 0.29) is 11.8 Å².